The first-order valence-electron chi connectivity index (χ1n) is 13.1. The van der Waals surface area contributed by atoms with Gasteiger partial charge in [0.15, 0.2) is 0 Å². The van der Waals surface area contributed by atoms with Gasteiger partial charge in [-0.15, -0.1) is 0 Å². The summed E-state index contributed by atoms with van der Waals surface area (Å²) in [5.41, 5.74) is 7.83. The van der Waals surface area contributed by atoms with Crippen molar-refractivity contribution in [3.63, 3.8) is 0 Å². The molecule has 1 aliphatic heterocycles. The highest BCUT2D eigenvalue weighted by Gasteiger charge is 2.37. The van der Waals surface area contributed by atoms with Gasteiger partial charge in [0.05, 0.1) is 17.1 Å². The zero-order valence-electron chi connectivity index (χ0n) is 22.6. The fourth-order valence-corrected chi connectivity index (χ4v) is 5.11. The Morgan fingerprint density at radius 1 is 0.868 bits per heavy atom. The number of hydrogen-bond acceptors (Lipinski definition) is 2. The summed E-state index contributed by atoms with van der Waals surface area (Å²) in [4.78, 5) is 31.2. The number of aryl methyl sites for hydroxylation is 2. The Morgan fingerprint density at radius 2 is 1.58 bits per heavy atom. The number of amides is 3. The Balaban J connectivity index is 1.52. The molecule has 0 aliphatic carbocycles. The van der Waals surface area contributed by atoms with Crippen molar-refractivity contribution in [3.05, 3.63) is 113 Å². The smallest absolute Gasteiger partial charge is 0.316 e. The molecule has 0 saturated heterocycles. The lowest BCUT2D eigenvalue weighted by Crippen LogP contribution is -2.49. The third-order valence-electron chi connectivity index (χ3n) is 7.42. The zero-order chi connectivity index (χ0) is 27.0. The molecule has 1 aromatic heterocycles. The minimum absolute atomic E-state index is 0.0498. The number of carbonyl (C=O) groups is 2. The minimum Gasteiger partial charge on any atom is -0.316 e. The fourth-order valence-electron chi connectivity index (χ4n) is 5.11. The van der Waals surface area contributed by atoms with E-state index in [-0.39, 0.29) is 30.6 Å². The first-order valence-corrected chi connectivity index (χ1v) is 13.1. The molecule has 0 bridgehead atoms. The number of nitrogens with one attached hydrogen (secondary N) is 1. The van der Waals surface area contributed by atoms with E-state index in [1.54, 1.807) is 4.90 Å². The van der Waals surface area contributed by atoms with Gasteiger partial charge in [-0.05, 0) is 81.6 Å². The number of anilines is 2. The van der Waals surface area contributed by atoms with Crippen molar-refractivity contribution in [2.75, 3.05) is 16.8 Å². The maximum atomic E-state index is 14.2. The molecule has 194 valence electrons. The third-order valence-corrected chi connectivity index (χ3v) is 7.42. The summed E-state index contributed by atoms with van der Waals surface area (Å²) in [7, 11) is 0. The number of hydrogen-bond donors (Lipinski definition) is 1. The van der Waals surface area contributed by atoms with E-state index in [0.29, 0.717) is 0 Å². The summed E-state index contributed by atoms with van der Waals surface area (Å²) < 4.78 is 2.15. The van der Waals surface area contributed by atoms with Crippen molar-refractivity contribution < 1.29 is 9.59 Å². The normalized spacial score (nSPS) is 14.2. The molecule has 38 heavy (non-hydrogen) atoms. The number of rotatable bonds is 5. The van der Waals surface area contributed by atoms with Gasteiger partial charge in [-0.25, -0.2) is 4.79 Å². The minimum atomic E-state index is -0.316. The Kier molecular flexibility index (Phi) is 6.81. The summed E-state index contributed by atoms with van der Waals surface area (Å²) >= 11 is 0. The van der Waals surface area contributed by atoms with E-state index >= 15 is 0 Å². The molecule has 4 aromatic rings. The summed E-state index contributed by atoms with van der Waals surface area (Å²) in [6.45, 7) is 9.88. The Morgan fingerprint density at radius 3 is 2.29 bits per heavy atom. The molecule has 1 unspecified atom stereocenters. The maximum absolute atomic E-state index is 14.2. The van der Waals surface area contributed by atoms with Crippen LogP contribution in [0.2, 0.25) is 0 Å². The molecule has 0 fully saturated rings. The van der Waals surface area contributed by atoms with Crippen LogP contribution in [0.3, 0.4) is 0 Å². The number of nitrogens with zero attached hydrogens (tertiary/aromatic N) is 3. The summed E-state index contributed by atoms with van der Waals surface area (Å²) in [6, 6.07) is 25.4. The van der Waals surface area contributed by atoms with Crippen LogP contribution >= 0.6 is 0 Å². The van der Waals surface area contributed by atoms with Gasteiger partial charge in [0.25, 0.3) is 0 Å². The molecule has 6 nitrogen and oxygen atoms in total. The monoisotopic (exact) mass is 506 g/mol. The first kappa shape index (κ1) is 25.3. The molecule has 2 heterocycles. The first-order chi connectivity index (χ1) is 18.3. The number of carbonyl (C=O) groups excluding carboxylic acids is 2. The highest BCUT2D eigenvalue weighted by molar-refractivity contribution is 6.01. The van der Waals surface area contributed by atoms with Crippen LogP contribution < -0.4 is 10.2 Å². The van der Waals surface area contributed by atoms with Gasteiger partial charge < -0.3 is 14.8 Å². The zero-order valence-corrected chi connectivity index (χ0v) is 22.6. The van der Waals surface area contributed by atoms with Crippen LogP contribution in [0.5, 0.6) is 0 Å². The standard InChI is InChI=1S/C32H34N4O2/c1-21(2)35(32(38)33-26-11-8-10-23(4)24(26)5)20-30(37)36-28-13-7-6-12-27(28)34-19-9-14-29(34)31(36)25-17-15-22(3)16-18-25/h6-19,21,31H,20H2,1-5H3,(H,33,38). The van der Waals surface area contributed by atoms with E-state index in [2.05, 4.69) is 47.1 Å². The number of urea groups is 1. The van der Waals surface area contributed by atoms with Crippen LogP contribution in [-0.2, 0) is 4.79 Å². The van der Waals surface area contributed by atoms with Crippen molar-refractivity contribution in [2.24, 2.45) is 0 Å². The SMILES string of the molecule is Cc1ccc(C2c3cccn3-c3ccccc3N2C(=O)CN(C(=O)Nc2cccc(C)c2C)C(C)C)cc1. The van der Waals surface area contributed by atoms with Gasteiger partial charge in [-0.3, -0.25) is 9.69 Å². The average molecular weight is 507 g/mol. The Labute approximate surface area is 224 Å². The highest BCUT2D eigenvalue weighted by atomic mass is 16.2. The quantitative estimate of drug-likeness (QED) is 0.324. The second-order valence-corrected chi connectivity index (χ2v) is 10.3. The van der Waals surface area contributed by atoms with Crippen LogP contribution in [0.1, 0.15) is 47.8 Å². The Bertz CT molecular complexity index is 1490. The van der Waals surface area contributed by atoms with Crippen LogP contribution in [0.25, 0.3) is 5.69 Å². The van der Waals surface area contributed by atoms with Crippen LogP contribution in [0.4, 0.5) is 16.2 Å². The van der Waals surface area contributed by atoms with Gasteiger partial charge in [-0.2, -0.15) is 0 Å². The van der Waals surface area contributed by atoms with Crippen LogP contribution in [0.15, 0.2) is 85.1 Å². The average Bonchev–Trinajstić information content (AvgIpc) is 3.39. The number of aromatic nitrogens is 1. The third kappa shape index (κ3) is 4.58. The molecule has 0 saturated carbocycles. The molecule has 0 radical (unpaired) electrons. The van der Waals surface area contributed by atoms with E-state index in [4.69, 9.17) is 0 Å². The number of fused-ring (bicyclic) bond motifs is 3. The van der Waals surface area contributed by atoms with Gasteiger partial charge in [0.1, 0.15) is 12.6 Å². The van der Waals surface area contributed by atoms with E-state index in [1.807, 2.05) is 87.3 Å². The van der Waals surface area contributed by atoms with Crippen molar-refractivity contribution in [1.82, 2.24) is 9.47 Å². The topological polar surface area (TPSA) is 57.6 Å². The summed E-state index contributed by atoms with van der Waals surface area (Å²) in [5, 5.41) is 3.03. The van der Waals surface area contributed by atoms with Gasteiger partial charge >= 0.3 is 6.03 Å². The van der Waals surface area contributed by atoms with Gasteiger partial charge in [0, 0.05) is 17.9 Å². The second-order valence-electron chi connectivity index (χ2n) is 10.3. The van der Waals surface area contributed by atoms with Crippen molar-refractivity contribution >= 4 is 23.3 Å². The molecule has 3 amide bonds. The second kappa shape index (κ2) is 10.2. The highest BCUT2D eigenvalue weighted by Crippen LogP contribution is 2.42. The molecule has 1 N–H and O–H groups in total. The van der Waals surface area contributed by atoms with Crippen molar-refractivity contribution in [1.29, 1.82) is 0 Å². The number of para-hydroxylation sites is 2. The molecule has 1 aliphatic rings. The van der Waals surface area contributed by atoms with Crippen molar-refractivity contribution in [3.8, 4) is 5.69 Å². The molecular weight excluding hydrogens is 472 g/mol. The molecule has 0 spiro atoms. The maximum Gasteiger partial charge on any atom is 0.322 e. The molecule has 5 rings (SSSR count). The molecule has 6 heteroatoms. The Hall–Kier alpha value is -4.32. The van der Waals surface area contributed by atoms with E-state index in [0.717, 1.165) is 45.0 Å². The van der Waals surface area contributed by atoms with E-state index < -0.39 is 0 Å². The molecule has 1 atom stereocenters. The number of benzene rings is 3. The molecular formula is C32H34N4O2. The lowest BCUT2D eigenvalue weighted by molar-refractivity contribution is -0.119. The van der Waals surface area contributed by atoms with E-state index in [9.17, 15) is 9.59 Å². The summed E-state index contributed by atoms with van der Waals surface area (Å²) in [5.74, 6) is -0.139. The lowest BCUT2D eigenvalue weighted by Gasteiger charge is -2.40. The summed E-state index contributed by atoms with van der Waals surface area (Å²) in [6.07, 6.45) is 2.04. The van der Waals surface area contributed by atoms with E-state index in [1.165, 1.54) is 0 Å². The van der Waals surface area contributed by atoms with Crippen LogP contribution in [-0.4, -0.2) is 34.0 Å². The van der Waals surface area contributed by atoms with Crippen LogP contribution in [0, 0.1) is 20.8 Å². The predicted molar refractivity (Wildman–Crippen MR) is 153 cm³/mol. The van der Waals surface area contributed by atoms with Gasteiger partial charge in [0.2, 0.25) is 5.91 Å². The molecule has 3 aromatic carbocycles. The van der Waals surface area contributed by atoms with Gasteiger partial charge in [-0.1, -0.05) is 54.1 Å². The van der Waals surface area contributed by atoms with Crippen molar-refractivity contribution in [2.45, 2.75) is 46.7 Å². The fraction of sp³-hybridized carbons (Fsp3) is 0.250. The predicted octanol–water partition coefficient (Wildman–Crippen LogP) is 6.78. The lowest BCUT2D eigenvalue weighted by atomic mass is 9.97. The largest absolute Gasteiger partial charge is 0.322 e.